The summed E-state index contributed by atoms with van der Waals surface area (Å²) in [4.78, 5) is 0. The zero-order chi connectivity index (χ0) is 9.14. The Balaban J connectivity index is 2.96. The van der Waals surface area contributed by atoms with Gasteiger partial charge in [-0.2, -0.15) is 0 Å². The Morgan fingerprint density at radius 3 is 2.75 bits per heavy atom. The molecule has 0 bridgehead atoms. The third-order valence-electron chi connectivity index (χ3n) is 1.82. The first-order chi connectivity index (χ1) is 5.65. The average molecular weight is 277 g/mol. The van der Waals surface area contributed by atoms with Crippen molar-refractivity contribution in [3.8, 4) is 0 Å². The molecule has 0 unspecified atom stereocenters. The van der Waals surface area contributed by atoms with Crippen molar-refractivity contribution in [1.82, 2.24) is 0 Å². The number of hydrogen-bond acceptors (Lipinski definition) is 2. The number of aryl methyl sites for hydroxylation is 1. The Morgan fingerprint density at radius 2 is 2.25 bits per heavy atom. The van der Waals surface area contributed by atoms with E-state index in [-0.39, 0.29) is 12.6 Å². The van der Waals surface area contributed by atoms with Gasteiger partial charge in [0.1, 0.15) is 0 Å². The van der Waals surface area contributed by atoms with Crippen LogP contribution in [0.15, 0.2) is 18.2 Å². The van der Waals surface area contributed by atoms with Crippen LogP contribution in [0, 0.1) is 10.5 Å². The van der Waals surface area contributed by atoms with E-state index in [9.17, 15) is 0 Å². The van der Waals surface area contributed by atoms with Gasteiger partial charge in [0, 0.05) is 3.57 Å². The van der Waals surface area contributed by atoms with Crippen LogP contribution in [0.3, 0.4) is 0 Å². The summed E-state index contributed by atoms with van der Waals surface area (Å²) < 4.78 is 1.19. The Kier molecular flexibility index (Phi) is 3.49. The molecule has 1 aromatic rings. The number of nitrogens with two attached hydrogens (primary N) is 1. The molecule has 0 radical (unpaired) electrons. The Morgan fingerprint density at radius 1 is 1.58 bits per heavy atom. The molecule has 0 amide bonds. The summed E-state index contributed by atoms with van der Waals surface area (Å²) >= 11 is 2.26. The predicted octanol–water partition coefficient (Wildman–Crippen LogP) is 1.59. The Labute approximate surface area is 85.9 Å². The van der Waals surface area contributed by atoms with E-state index in [4.69, 9.17) is 10.8 Å². The van der Waals surface area contributed by atoms with Crippen LogP contribution >= 0.6 is 22.6 Å². The molecular formula is C9H12INO. The van der Waals surface area contributed by atoms with Gasteiger partial charge < -0.3 is 10.8 Å². The van der Waals surface area contributed by atoms with E-state index in [1.165, 1.54) is 9.13 Å². The van der Waals surface area contributed by atoms with Gasteiger partial charge in [0.05, 0.1) is 12.6 Å². The first-order valence-electron chi connectivity index (χ1n) is 3.77. The number of halogens is 1. The van der Waals surface area contributed by atoms with Crippen LogP contribution in [0.4, 0.5) is 0 Å². The summed E-state index contributed by atoms with van der Waals surface area (Å²) in [5, 5.41) is 8.82. The number of aliphatic hydroxyl groups excluding tert-OH is 1. The van der Waals surface area contributed by atoms with Gasteiger partial charge >= 0.3 is 0 Å². The van der Waals surface area contributed by atoms with Gasteiger partial charge in [0.2, 0.25) is 0 Å². The molecule has 1 aromatic carbocycles. The van der Waals surface area contributed by atoms with Crippen LogP contribution in [0.25, 0.3) is 0 Å². The topological polar surface area (TPSA) is 46.2 Å². The van der Waals surface area contributed by atoms with Gasteiger partial charge in [-0.05, 0) is 46.7 Å². The molecule has 0 saturated heterocycles. The van der Waals surface area contributed by atoms with Gasteiger partial charge in [-0.15, -0.1) is 0 Å². The molecule has 0 aliphatic rings. The Hall–Kier alpha value is -0.130. The normalized spacial score (nSPS) is 13.0. The largest absolute Gasteiger partial charge is 0.394 e. The predicted molar refractivity (Wildman–Crippen MR) is 57.9 cm³/mol. The van der Waals surface area contributed by atoms with Crippen molar-refractivity contribution in [3.05, 3.63) is 32.9 Å². The van der Waals surface area contributed by atoms with Crippen LogP contribution in [0.1, 0.15) is 17.2 Å². The van der Waals surface area contributed by atoms with E-state index in [0.29, 0.717) is 0 Å². The van der Waals surface area contributed by atoms with Crippen LogP contribution in [-0.4, -0.2) is 11.7 Å². The first kappa shape index (κ1) is 9.95. The number of rotatable bonds is 2. The fourth-order valence-electron chi connectivity index (χ4n) is 0.945. The first-order valence-corrected chi connectivity index (χ1v) is 4.85. The number of benzene rings is 1. The minimum absolute atomic E-state index is 0.000852. The standard InChI is InChI=1S/C9H12INO/c1-6-2-3-7(4-8(6)10)9(11)5-12/h2-4,9,12H,5,11H2,1H3/t9-/m0/s1. The summed E-state index contributed by atoms with van der Waals surface area (Å²) in [7, 11) is 0. The summed E-state index contributed by atoms with van der Waals surface area (Å²) in [6.07, 6.45) is 0. The smallest absolute Gasteiger partial charge is 0.0624 e. The summed E-state index contributed by atoms with van der Waals surface area (Å²) in [5.41, 5.74) is 7.89. The molecular weight excluding hydrogens is 265 g/mol. The lowest BCUT2D eigenvalue weighted by Gasteiger charge is -2.09. The van der Waals surface area contributed by atoms with Crippen LogP contribution in [-0.2, 0) is 0 Å². The quantitative estimate of drug-likeness (QED) is 0.806. The van der Waals surface area contributed by atoms with Crippen molar-refractivity contribution >= 4 is 22.6 Å². The Bertz CT molecular complexity index is 275. The van der Waals surface area contributed by atoms with Gasteiger partial charge in [-0.25, -0.2) is 0 Å². The summed E-state index contributed by atoms with van der Waals surface area (Å²) in [6, 6.07) is 5.74. The monoisotopic (exact) mass is 277 g/mol. The zero-order valence-corrected chi connectivity index (χ0v) is 9.08. The lowest BCUT2D eigenvalue weighted by molar-refractivity contribution is 0.268. The molecule has 1 rings (SSSR count). The highest BCUT2D eigenvalue weighted by Gasteiger charge is 2.04. The number of hydrogen-bond donors (Lipinski definition) is 2. The van der Waals surface area contributed by atoms with Crippen LogP contribution < -0.4 is 5.73 Å². The fourth-order valence-corrected chi connectivity index (χ4v) is 1.48. The molecule has 0 saturated carbocycles. The van der Waals surface area contributed by atoms with E-state index in [0.717, 1.165) is 5.56 Å². The minimum atomic E-state index is -0.251. The number of aliphatic hydroxyl groups is 1. The summed E-state index contributed by atoms with van der Waals surface area (Å²) in [6.45, 7) is 2.05. The highest BCUT2D eigenvalue weighted by atomic mass is 127. The molecule has 0 aromatic heterocycles. The maximum atomic E-state index is 8.82. The molecule has 66 valence electrons. The lowest BCUT2D eigenvalue weighted by Crippen LogP contribution is -2.14. The third kappa shape index (κ3) is 2.18. The van der Waals surface area contributed by atoms with E-state index >= 15 is 0 Å². The van der Waals surface area contributed by atoms with E-state index in [1.54, 1.807) is 0 Å². The fraction of sp³-hybridized carbons (Fsp3) is 0.333. The molecule has 3 heteroatoms. The average Bonchev–Trinajstić information content (AvgIpc) is 2.08. The van der Waals surface area contributed by atoms with Gasteiger partial charge in [-0.1, -0.05) is 12.1 Å². The van der Waals surface area contributed by atoms with E-state index < -0.39 is 0 Å². The van der Waals surface area contributed by atoms with Crippen molar-refractivity contribution in [2.24, 2.45) is 5.73 Å². The molecule has 2 nitrogen and oxygen atoms in total. The third-order valence-corrected chi connectivity index (χ3v) is 2.98. The second-order valence-corrected chi connectivity index (χ2v) is 3.96. The molecule has 0 aliphatic heterocycles. The molecule has 0 heterocycles. The maximum Gasteiger partial charge on any atom is 0.0624 e. The second kappa shape index (κ2) is 4.20. The van der Waals surface area contributed by atoms with Crippen LogP contribution in [0.2, 0.25) is 0 Å². The highest BCUT2D eigenvalue weighted by molar-refractivity contribution is 14.1. The molecule has 0 spiro atoms. The van der Waals surface area contributed by atoms with Crippen molar-refractivity contribution in [2.45, 2.75) is 13.0 Å². The van der Waals surface area contributed by atoms with Crippen molar-refractivity contribution < 1.29 is 5.11 Å². The lowest BCUT2D eigenvalue weighted by atomic mass is 10.1. The van der Waals surface area contributed by atoms with Gasteiger partial charge in [0.25, 0.3) is 0 Å². The molecule has 12 heavy (non-hydrogen) atoms. The zero-order valence-electron chi connectivity index (χ0n) is 6.92. The van der Waals surface area contributed by atoms with E-state index in [1.807, 2.05) is 18.2 Å². The second-order valence-electron chi connectivity index (χ2n) is 2.80. The van der Waals surface area contributed by atoms with Gasteiger partial charge in [-0.3, -0.25) is 0 Å². The van der Waals surface area contributed by atoms with Crippen LogP contribution in [0.5, 0.6) is 0 Å². The molecule has 3 N–H and O–H groups in total. The van der Waals surface area contributed by atoms with Gasteiger partial charge in [0.15, 0.2) is 0 Å². The molecule has 0 fully saturated rings. The van der Waals surface area contributed by atoms with Crippen molar-refractivity contribution in [2.75, 3.05) is 6.61 Å². The summed E-state index contributed by atoms with van der Waals surface area (Å²) in [5.74, 6) is 0. The van der Waals surface area contributed by atoms with Crippen molar-refractivity contribution in [1.29, 1.82) is 0 Å². The highest BCUT2D eigenvalue weighted by Crippen LogP contribution is 2.17. The molecule has 1 atom stereocenters. The van der Waals surface area contributed by atoms with Crippen molar-refractivity contribution in [3.63, 3.8) is 0 Å². The SMILES string of the molecule is Cc1ccc([C@@H](N)CO)cc1I. The van der Waals surface area contributed by atoms with E-state index in [2.05, 4.69) is 29.5 Å². The minimum Gasteiger partial charge on any atom is -0.394 e. The molecule has 0 aliphatic carbocycles. The maximum absolute atomic E-state index is 8.82.